The van der Waals surface area contributed by atoms with Gasteiger partial charge in [0.05, 0.1) is 0 Å². The Morgan fingerprint density at radius 3 is 1.24 bits per heavy atom. The van der Waals surface area contributed by atoms with Crippen molar-refractivity contribution >= 4 is 44.9 Å². The summed E-state index contributed by atoms with van der Waals surface area (Å²) in [6, 6.07) is 66.6. The summed E-state index contributed by atoms with van der Waals surface area (Å²) < 4.78 is 0. The minimum absolute atomic E-state index is 0.161. The van der Waals surface area contributed by atoms with E-state index in [1.165, 1.54) is 61.0 Å². The summed E-state index contributed by atoms with van der Waals surface area (Å²) in [5.41, 5.74) is 17.6. The van der Waals surface area contributed by atoms with Crippen LogP contribution in [0.1, 0.15) is 49.9 Å². The van der Waals surface area contributed by atoms with E-state index in [0.717, 1.165) is 28.4 Å². The van der Waals surface area contributed by atoms with Gasteiger partial charge in [0.15, 0.2) is 0 Å². The summed E-state index contributed by atoms with van der Waals surface area (Å²) in [6.45, 7) is 9.63. The van der Waals surface area contributed by atoms with Crippen LogP contribution in [0.25, 0.3) is 33.0 Å². The Bertz CT molecular complexity index is 2620. The van der Waals surface area contributed by atoms with Gasteiger partial charge in [-0.05, 0) is 140 Å². The highest BCUT2D eigenvalue weighted by molar-refractivity contribution is 6.01. The van der Waals surface area contributed by atoms with Crippen LogP contribution < -0.4 is 9.80 Å². The monoisotopic (exact) mass is 694 g/mol. The molecular formula is C52H42N2. The lowest BCUT2D eigenvalue weighted by Gasteiger charge is -2.28. The van der Waals surface area contributed by atoms with E-state index in [4.69, 9.17) is 0 Å². The van der Waals surface area contributed by atoms with Crippen molar-refractivity contribution in [3.63, 3.8) is 0 Å². The molecule has 0 heterocycles. The number of anilines is 6. The first-order valence-electron chi connectivity index (χ1n) is 19.0. The molecule has 0 amide bonds. The fourth-order valence-electron chi connectivity index (χ4n) is 9.34. The van der Waals surface area contributed by atoms with Crippen molar-refractivity contribution in [2.45, 2.75) is 38.5 Å². The van der Waals surface area contributed by atoms with Crippen LogP contribution in [0.2, 0.25) is 0 Å². The normalized spacial score (nSPS) is 14.2. The highest BCUT2D eigenvalue weighted by Crippen LogP contribution is 2.58. The third-order valence-electron chi connectivity index (χ3n) is 12.0. The molecule has 0 bridgehead atoms. The minimum atomic E-state index is -0.163. The van der Waals surface area contributed by atoms with Gasteiger partial charge in [0.25, 0.3) is 0 Å². The Kier molecular flexibility index (Phi) is 7.22. The Morgan fingerprint density at radius 2 is 0.722 bits per heavy atom. The van der Waals surface area contributed by atoms with Gasteiger partial charge in [-0.3, -0.25) is 0 Å². The fraction of sp³-hybridized carbons (Fsp3) is 0.115. The van der Waals surface area contributed by atoms with Gasteiger partial charge in [-0.15, -0.1) is 0 Å². The second-order valence-corrected chi connectivity index (χ2v) is 15.8. The van der Waals surface area contributed by atoms with Gasteiger partial charge in [-0.1, -0.05) is 125 Å². The molecule has 0 unspecified atom stereocenters. The van der Waals surface area contributed by atoms with Crippen molar-refractivity contribution < 1.29 is 0 Å². The van der Waals surface area contributed by atoms with E-state index in [0.29, 0.717) is 0 Å². The Labute approximate surface area is 318 Å². The van der Waals surface area contributed by atoms with Crippen molar-refractivity contribution in [2.75, 3.05) is 9.80 Å². The molecule has 0 N–H and O–H groups in total. The molecule has 54 heavy (non-hydrogen) atoms. The average molecular weight is 695 g/mol. The Balaban J connectivity index is 1.07. The zero-order chi connectivity index (χ0) is 36.6. The van der Waals surface area contributed by atoms with E-state index in [1.807, 2.05) is 0 Å². The van der Waals surface area contributed by atoms with E-state index >= 15 is 0 Å². The first kappa shape index (κ1) is 32.3. The fourth-order valence-corrected chi connectivity index (χ4v) is 9.34. The first-order chi connectivity index (χ1) is 26.3. The zero-order valence-electron chi connectivity index (χ0n) is 31.2. The number of hydrogen-bond donors (Lipinski definition) is 0. The second kappa shape index (κ2) is 12.1. The van der Waals surface area contributed by atoms with Crippen molar-refractivity contribution in [2.24, 2.45) is 0 Å². The summed E-state index contributed by atoms with van der Waals surface area (Å²) in [4.78, 5) is 4.72. The van der Waals surface area contributed by atoms with Crippen molar-refractivity contribution in [1.82, 2.24) is 0 Å². The van der Waals surface area contributed by atoms with Gasteiger partial charge < -0.3 is 9.80 Å². The molecule has 0 spiro atoms. The van der Waals surface area contributed by atoms with Gasteiger partial charge in [-0.2, -0.15) is 0 Å². The van der Waals surface area contributed by atoms with Gasteiger partial charge in [0.2, 0.25) is 0 Å². The third kappa shape index (κ3) is 4.87. The third-order valence-corrected chi connectivity index (χ3v) is 12.0. The number of para-hydroxylation sites is 4. The largest absolute Gasteiger partial charge is 0.310 e. The highest BCUT2D eigenvalue weighted by Gasteiger charge is 2.42. The molecule has 0 fully saturated rings. The van der Waals surface area contributed by atoms with E-state index in [2.05, 4.69) is 219 Å². The standard InChI is InChI=1S/C52H42N2/c1-51(2)47-32-41(54(38-21-13-7-14-22-38)39-23-15-8-16-24-39)27-30-43(47)45-33-49-46(34-48(45)51)44-28-25-35-31-40(26-29-42(35)50(44)52(49,3)4)53(36-17-9-5-10-18-36)37-19-11-6-12-20-37/h5-34H,1-4H3. The molecule has 0 radical (unpaired) electrons. The van der Waals surface area contributed by atoms with E-state index < -0.39 is 0 Å². The SMILES string of the molecule is CC1(C)c2cc(N(c3ccccc3)c3ccccc3)ccc2-c2cc3c(cc21)-c1ccc2cc(N(c4ccccc4)c4ccccc4)ccc2c1C3(C)C. The summed E-state index contributed by atoms with van der Waals surface area (Å²) in [5, 5.41) is 2.58. The van der Waals surface area contributed by atoms with Gasteiger partial charge in [0.1, 0.15) is 0 Å². The van der Waals surface area contributed by atoms with Crippen LogP contribution >= 0.6 is 0 Å². The highest BCUT2D eigenvalue weighted by atomic mass is 15.1. The van der Waals surface area contributed by atoms with Crippen LogP contribution in [0.3, 0.4) is 0 Å². The molecule has 2 aliphatic carbocycles. The average Bonchev–Trinajstić information content (AvgIpc) is 3.57. The molecule has 0 atom stereocenters. The van der Waals surface area contributed by atoms with E-state index in [9.17, 15) is 0 Å². The molecule has 8 aromatic rings. The molecule has 0 saturated carbocycles. The lowest BCUT2D eigenvalue weighted by molar-refractivity contribution is 0.654. The molecule has 0 aromatic heterocycles. The molecule has 8 aromatic carbocycles. The number of rotatable bonds is 6. The van der Waals surface area contributed by atoms with Crippen molar-refractivity contribution in [3.8, 4) is 22.3 Å². The van der Waals surface area contributed by atoms with Gasteiger partial charge in [0, 0.05) is 45.0 Å². The predicted octanol–water partition coefficient (Wildman–Crippen LogP) is 14.4. The maximum absolute atomic E-state index is 2.52. The van der Waals surface area contributed by atoms with Gasteiger partial charge in [-0.25, -0.2) is 0 Å². The molecule has 2 nitrogen and oxygen atoms in total. The summed E-state index contributed by atoms with van der Waals surface area (Å²) in [6.07, 6.45) is 0. The van der Waals surface area contributed by atoms with Crippen LogP contribution in [0.15, 0.2) is 182 Å². The molecule has 2 heteroatoms. The number of nitrogens with zero attached hydrogens (tertiary/aromatic N) is 2. The zero-order valence-corrected chi connectivity index (χ0v) is 31.2. The van der Waals surface area contributed by atoms with Crippen molar-refractivity contribution in [3.05, 3.63) is 204 Å². The Hall–Kier alpha value is -6.38. The van der Waals surface area contributed by atoms with Crippen molar-refractivity contribution in [1.29, 1.82) is 0 Å². The molecule has 10 rings (SSSR count). The molecule has 0 saturated heterocycles. The molecular weight excluding hydrogens is 653 g/mol. The van der Waals surface area contributed by atoms with Gasteiger partial charge >= 0.3 is 0 Å². The van der Waals surface area contributed by atoms with Crippen LogP contribution in [0.4, 0.5) is 34.1 Å². The lowest BCUT2D eigenvalue weighted by atomic mass is 9.78. The Morgan fingerprint density at radius 1 is 0.315 bits per heavy atom. The number of fused-ring (bicyclic) bond motifs is 8. The smallest absolute Gasteiger partial charge is 0.0468 e. The topological polar surface area (TPSA) is 6.48 Å². The molecule has 0 aliphatic heterocycles. The molecule has 2 aliphatic rings. The summed E-state index contributed by atoms with van der Waals surface area (Å²) in [7, 11) is 0. The van der Waals surface area contributed by atoms with E-state index in [-0.39, 0.29) is 10.8 Å². The van der Waals surface area contributed by atoms with Crippen LogP contribution in [0, 0.1) is 0 Å². The maximum Gasteiger partial charge on any atom is 0.0468 e. The first-order valence-corrected chi connectivity index (χ1v) is 19.0. The summed E-state index contributed by atoms with van der Waals surface area (Å²) >= 11 is 0. The maximum atomic E-state index is 2.52. The number of benzene rings is 8. The quantitative estimate of drug-likeness (QED) is 0.171. The number of hydrogen-bond acceptors (Lipinski definition) is 2. The summed E-state index contributed by atoms with van der Waals surface area (Å²) in [5.74, 6) is 0. The second-order valence-electron chi connectivity index (χ2n) is 15.8. The van der Waals surface area contributed by atoms with Crippen LogP contribution in [-0.2, 0) is 10.8 Å². The lowest BCUT2D eigenvalue weighted by Crippen LogP contribution is -2.17. The molecule has 260 valence electrons. The van der Waals surface area contributed by atoms with Crippen LogP contribution in [-0.4, -0.2) is 0 Å². The predicted molar refractivity (Wildman–Crippen MR) is 228 cm³/mol. The minimum Gasteiger partial charge on any atom is -0.310 e. The van der Waals surface area contributed by atoms with Crippen LogP contribution in [0.5, 0.6) is 0 Å². The van der Waals surface area contributed by atoms with E-state index in [1.54, 1.807) is 0 Å².